The molecule has 7 nitrogen and oxygen atoms in total. The van der Waals surface area contributed by atoms with Gasteiger partial charge in [0.2, 0.25) is 0 Å². The summed E-state index contributed by atoms with van der Waals surface area (Å²) in [4.78, 5) is 14.6. The van der Waals surface area contributed by atoms with Gasteiger partial charge in [-0.05, 0) is 32.6 Å². The Balaban J connectivity index is 2.45. The smallest absolute Gasteiger partial charge is 0.310 e. The van der Waals surface area contributed by atoms with E-state index in [2.05, 4.69) is 0 Å². The Bertz CT molecular complexity index is 582. The number of nitro groups is 1. The van der Waals surface area contributed by atoms with Gasteiger partial charge < -0.3 is 14.9 Å². The SMILES string of the molecule is CN(C)CC1CC(O)CN1c1cccc(C#N)c1[N+](=O)[O-]. The van der Waals surface area contributed by atoms with Crippen LogP contribution in [0.5, 0.6) is 0 Å². The lowest BCUT2D eigenvalue weighted by molar-refractivity contribution is -0.384. The summed E-state index contributed by atoms with van der Waals surface area (Å²) in [7, 11) is 3.84. The van der Waals surface area contributed by atoms with E-state index in [4.69, 9.17) is 5.26 Å². The van der Waals surface area contributed by atoms with Gasteiger partial charge in [0, 0.05) is 19.1 Å². The van der Waals surface area contributed by atoms with Crippen LogP contribution in [0.2, 0.25) is 0 Å². The van der Waals surface area contributed by atoms with Crippen molar-refractivity contribution in [3.8, 4) is 6.07 Å². The number of hydrogen-bond acceptors (Lipinski definition) is 6. The number of anilines is 1. The third-order valence-corrected chi connectivity index (χ3v) is 3.60. The molecule has 0 saturated carbocycles. The highest BCUT2D eigenvalue weighted by atomic mass is 16.6. The monoisotopic (exact) mass is 290 g/mol. The molecule has 1 aromatic rings. The van der Waals surface area contributed by atoms with E-state index in [1.807, 2.05) is 30.0 Å². The summed E-state index contributed by atoms with van der Waals surface area (Å²) in [5, 5.41) is 30.3. The first-order chi connectivity index (χ1) is 9.93. The standard InChI is InChI=1S/C14H18N4O3/c1-16(2)8-11-6-12(19)9-17(11)13-5-3-4-10(7-15)14(13)18(20)21/h3-5,11-12,19H,6,8-9H2,1-2H3. The summed E-state index contributed by atoms with van der Waals surface area (Å²) in [6, 6.07) is 6.57. The molecule has 112 valence electrons. The number of rotatable bonds is 4. The molecule has 2 atom stereocenters. The summed E-state index contributed by atoms with van der Waals surface area (Å²) in [5.74, 6) is 0. The van der Waals surface area contributed by atoms with Gasteiger partial charge in [0.25, 0.3) is 0 Å². The molecular formula is C14H18N4O3. The maximum atomic E-state index is 11.3. The highest BCUT2D eigenvalue weighted by molar-refractivity contribution is 5.70. The van der Waals surface area contributed by atoms with Crippen molar-refractivity contribution in [2.24, 2.45) is 0 Å². The van der Waals surface area contributed by atoms with Crippen molar-refractivity contribution in [1.82, 2.24) is 4.90 Å². The Labute approximate surface area is 123 Å². The summed E-state index contributed by atoms with van der Waals surface area (Å²) >= 11 is 0. The molecule has 1 aromatic carbocycles. The van der Waals surface area contributed by atoms with Crippen molar-refractivity contribution in [3.05, 3.63) is 33.9 Å². The van der Waals surface area contributed by atoms with Crippen molar-refractivity contribution in [1.29, 1.82) is 5.26 Å². The minimum absolute atomic E-state index is 0.0114. The molecule has 0 aromatic heterocycles. The fourth-order valence-electron chi connectivity index (χ4n) is 2.83. The normalized spacial score (nSPS) is 21.6. The zero-order chi connectivity index (χ0) is 15.6. The number of likely N-dealkylation sites (N-methyl/N-ethyl adjacent to an activating group) is 1. The molecule has 1 aliphatic rings. The van der Waals surface area contributed by atoms with E-state index in [0.29, 0.717) is 25.2 Å². The molecule has 1 N–H and O–H groups in total. The maximum absolute atomic E-state index is 11.3. The third kappa shape index (κ3) is 3.12. The zero-order valence-electron chi connectivity index (χ0n) is 12.1. The highest BCUT2D eigenvalue weighted by Crippen LogP contribution is 2.36. The van der Waals surface area contributed by atoms with E-state index in [9.17, 15) is 15.2 Å². The van der Waals surface area contributed by atoms with Crippen LogP contribution in [-0.2, 0) is 0 Å². The average Bonchev–Trinajstić information content (AvgIpc) is 2.77. The predicted molar refractivity (Wildman–Crippen MR) is 78.1 cm³/mol. The molecule has 7 heteroatoms. The molecule has 1 fully saturated rings. The first kappa shape index (κ1) is 15.2. The Morgan fingerprint density at radius 1 is 1.57 bits per heavy atom. The molecule has 0 spiro atoms. The van der Waals surface area contributed by atoms with Gasteiger partial charge >= 0.3 is 5.69 Å². The second-order valence-electron chi connectivity index (χ2n) is 5.50. The number of benzene rings is 1. The van der Waals surface area contributed by atoms with Crippen molar-refractivity contribution >= 4 is 11.4 Å². The van der Waals surface area contributed by atoms with Crippen LogP contribution in [0.1, 0.15) is 12.0 Å². The van der Waals surface area contributed by atoms with Crippen LogP contribution in [0.25, 0.3) is 0 Å². The summed E-state index contributed by atoms with van der Waals surface area (Å²) in [5.41, 5.74) is 0.266. The predicted octanol–water partition coefficient (Wildman–Crippen LogP) is 0.968. The van der Waals surface area contributed by atoms with Crippen molar-refractivity contribution in [2.75, 3.05) is 32.1 Å². The van der Waals surface area contributed by atoms with Crippen LogP contribution in [-0.4, -0.2) is 54.3 Å². The number of β-amino-alcohol motifs (C(OH)–C–C–N with tert-alkyl or cyclic N) is 1. The maximum Gasteiger partial charge on any atom is 0.310 e. The third-order valence-electron chi connectivity index (χ3n) is 3.60. The van der Waals surface area contributed by atoms with E-state index < -0.39 is 11.0 Å². The van der Waals surface area contributed by atoms with Gasteiger partial charge in [-0.3, -0.25) is 10.1 Å². The fraction of sp³-hybridized carbons (Fsp3) is 0.500. The van der Waals surface area contributed by atoms with Crippen LogP contribution in [0.15, 0.2) is 18.2 Å². The molecule has 1 saturated heterocycles. The first-order valence-corrected chi connectivity index (χ1v) is 6.71. The number of hydrogen-bond donors (Lipinski definition) is 1. The van der Waals surface area contributed by atoms with Crippen molar-refractivity contribution < 1.29 is 10.0 Å². The summed E-state index contributed by atoms with van der Waals surface area (Å²) < 4.78 is 0. The summed E-state index contributed by atoms with van der Waals surface area (Å²) in [6.45, 7) is 1.03. The quantitative estimate of drug-likeness (QED) is 0.656. The van der Waals surface area contributed by atoms with Gasteiger partial charge in [-0.25, -0.2) is 0 Å². The molecule has 0 radical (unpaired) electrons. The van der Waals surface area contributed by atoms with Crippen molar-refractivity contribution in [3.63, 3.8) is 0 Å². The van der Waals surface area contributed by atoms with Gasteiger partial charge in [-0.2, -0.15) is 5.26 Å². The van der Waals surface area contributed by atoms with Crippen LogP contribution in [0.4, 0.5) is 11.4 Å². The molecule has 0 bridgehead atoms. The topological polar surface area (TPSA) is 93.6 Å². The molecule has 2 rings (SSSR count). The van der Waals surface area contributed by atoms with Crippen LogP contribution in [0, 0.1) is 21.4 Å². The molecule has 0 amide bonds. The number of para-hydroxylation sites is 1. The number of nitro benzene ring substituents is 1. The van der Waals surface area contributed by atoms with Gasteiger partial charge in [0.1, 0.15) is 17.3 Å². The molecule has 0 aliphatic carbocycles. The Hall–Kier alpha value is -2.17. The molecule has 2 unspecified atom stereocenters. The lowest BCUT2D eigenvalue weighted by Gasteiger charge is -2.28. The highest BCUT2D eigenvalue weighted by Gasteiger charge is 2.35. The largest absolute Gasteiger partial charge is 0.391 e. The molecule has 1 heterocycles. The van der Waals surface area contributed by atoms with E-state index in [0.717, 1.165) is 0 Å². The van der Waals surface area contributed by atoms with Crippen LogP contribution >= 0.6 is 0 Å². The van der Waals surface area contributed by atoms with Gasteiger partial charge in [0.05, 0.1) is 11.0 Å². The van der Waals surface area contributed by atoms with Crippen molar-refractivity contribution in [2.45, 2.75) is 18.6 Å². The van der Waals surface area contributed by atoms with Gasteiger partial charge in [-0.15, -0.1) is 0 Å². The minimum atomic E-state index is -0.523. The molecular weight excluding hydrogens is 272 g/mol. The van der Waals surface area contributed by atoms with E-state index in [1.165, 1.54) is 6.07 Å². The number of aliphatic hydroxyl groups is 1. The van der Waals surface area contributed by atoms with Crippen LogP contribution in [0.3, 0.4) is 0 Å². The van der Waals surface area contributed by atoms with Crippen LogP contribution < -0.4 is 4.90 Å². The lowest BCUT2D eigenvalue weighted by Crippen LogP contribution is -2.38. The first-order valence-electron chi connectivity index (χ1n) is 6.71. The molecule has 21 heavy (non-hydrogen) atoms. The Morgan fingerprint density at radius 3 is 2.86 bits per heavy atom. The zero-order valence-corrected chi connectivity index (χ0v) is 12.1. The summed E-state index contributed by atoms with van der Waals surface area (Å²) in [6.07, 6.45) is 0.0480. The Morgan fingerprint density at radius 2 is 2.29 bits per heavy atom. The Kier molecular flexibility index (Phi) is 4.40. The van der Waals surface area contributed by atoms with E-state index in [-0.39, 0.29) is 17.3 Å². The average molecular weight is 290 g/mol. The second-order valence-corrected chi connectivity index (χ2v) is 5.50. The van der Waals surface area contributed by atoms with E-state index >= 15 is 0 Å². The molecule has 1 aliphatic heterocycles. The van der Waals surface area contributed by atoms with Gasteiger partial charge in [0.15, 0.2) is 0 Å². The number of nitrogens with zero attached hydrogens (tertiary/aromatic N) is 4. The number of aliphatic hydroxyl groups excluding tert-OH is 1. The second kappa shape index (κ2) is 6.08. The minimum Gasteiger partial charge on any atom is -0.391 e. The van der Waals surface area contributed by atoms with E-state index in [1.54, 1.807) is 12.1 Å². The fourth-order valence-corrected chi connectivity index (χ4v) is 2.83. The van der Waals surface area contributed by atoms with Gasteiger partial charge in [-0.1, -0.05) is 6.07 Å². The lowest BCUT2D eigenvalue weighted by atomic mass is 10.1. The number of nitriles is 1.